The monoisotopic (exact) mass is 209 g/mol. The Balaban J connectivity index is 2.11. The SMILES string of the molecule is ClCc1nc(Cc2ccncc2)no1. The number of hydrogen-bond acceptors (Lipinski definition) is 4. The molecule has 2 aromatic rings. The smallest absolute Gasteiger partial charge is 0.241 e. The molecule has 0 aliphatic carbocycles. The number of aromatic nitrogens is 3. The highest BCUT2D eigenvalue weighted by Gasteiger charge is 2.05. The molecular weight excluding hydrogens is 202 g/mol. The molecule has 0 aliphatic rings. The number of nitrogens with zero attached hydrogens (tertiary/aromatic N) is 3. The van der Waals surface area contributed by atoms with Crippen molar-refractivity contribution in [3.8, 4) is 0 Å². The highest BCUT2D eigenvalue weighted by atomic mass is 35.5. The van der Waals surface area contributed by atoms with Crippen LogP contribution in [0.1, 0.15) is 17.3 Å². The summed E-state index contributed by atoms with van der Waals surface area (Å²) in [5, 5.41) is 3.79. The Labute approximate surface area is 85.9 Å². The van der Waals surface area contributed by atoms with Gasteiger partial charge < -0.3 is 4.52 Å². The van der Waals surface area contributed by atoms with E-state index in [0.29, 0.717) is 18.1 Å². The zero-order valence-electron chi connectivity index (χ0n) is 7.35. The van der Waals surface area contributed by atoms with Gasteiger partial charge in [0.2, 0.25) is 5.89 Å². The Kier molecular flexibility index (Phi) is 2.74. The zero-order chi connectivity index (χ0) is 9.80. The van der Waals surface area contributed by atoms with Gasteiger partial charge in [-0.1, -0.05) is 5.16 Å². The number of alkyl halides is 1. The van der Waals surface area contributed by atoms with E-state index in [1.807, 2.05) is 12.1 Å². The van der Waals surface area contributed by atoms with E-state index in [9.17, 15) is 0 Å². The van der Waals surface area contributed by atoms with Crippen molar-refractivity contribution >= 4 is 11.6 Å². The Morgan fingerprint density at radius 3 is 2.71 bits per heavy atom. The van der Waals surface area contributed by atoms with E-state index in [0.717, 1.165) is 5.56 Å². The second-order valence-electron chi connectivity index (χ2n) is 2.77. The van der Waals surface area contributed by atoms with Gasteiger partial charge in [0, 0.05) is 18.8 Å². The van der Waals surface area contributed by atoms with Crippen LogP contribution in [-0.4, -0.2) is 15.1 Å². The minimum Gasteiger partial charge on any atom is -0.338 e. The Morgan fingerprint density at radius 2 is 2.07 bits per heavy atom. The van der Waals surface area contributed by atoms with Crippen LogP contribution in [0, 0.1) is 0 Å². The first kappa shape index (κ1) is 9.15. The van der Waals surface area contributed by atoms with E-state index < -0.39 is 0 Å². The van der Waals surface area contributed by atoms with Crippen LogP contribution < -0.4 is 0 Å². The van der Waals surface area contributed by atoms with Gasteiger partial charge >= 0.3 is 0 Å². The van der Waals surface area contributed by atoms with Gasteiger partial charge in [-0.15, -0.1) is 11.6 Å². The maximum atomic E-state index is 5.54. The molecule has 4 nitrogen and oxygen atoms in total. The van der Waals surface area contributed by atoms with Gasteiger partial charge in [0.1, 0.15) is 5.88 Å². The summed E-state index contributed by atoms with van der Waals surface area (Å²) in [5.74, 6) is 1.35. The fraction of sp³-hybridized carbons (Fsp3) is 0.222. The summed E-state index contributed by atoms with van der Waals surface area (Å²) in [7, 11) is 0. The van der Waals surface area contributed by atoms with E-state index in [1.165, 1.54) is 0 Å². The number of rotatable bonds is 3. The lowest BCUT2D eigenvalue weighted by atomic mass is 10.2. The van der Waals surface area contributed by atoms with Crippen molar-refractivity contribution < 1.29 is 4.52 Å². The van der Waals surface area contributed by atoms with Crippen LogP contribution in [0.3, 0.4) is 0 Å². The third-order valence-electron chi connectivity index (χ3n) is 1.74. The predicted molar refractivity (Wildman–Crippen MR) is 50.9 cm³/mol. The zero-order valence-corrected chi connectivity index (χ0v) is 8.11. The molecule has 0 spiro atoms. The van der Waals surface area contributed by atoms with Crippen molar-refractivity contribution in [2.45, 2.75) is 12.3 Å². The summed E-state index contributed by atoms with van der Waals surface area (Å²) in [5.41, 5.74) is 1.10. The lowest BCUT2D eigenvalue weighted by Crippen LogP contribution is -1.90. The van der Waals surface area contributed by atoms with Crippen LogP contribution in [0.15, 0.2) is 29.0 Å². The van der Waals surface area contributed by atoms with Crippen LogP contribution in [0.2, 0.25) is 0 Å². The van der Waals surface area contributed by atoms with Gasteiger partial charge in [0.25, 0.3) is 0 Å². The third-order valence-corrected chi connectivity index (χ3v) is 1.96. The summed E-state index contributed by atoms with van der Waals surface area (Å²) in [6.07, 6.45) is 4.11. The molecule has 0 saturated carbocycles. The van der Waals surface area contributed by atoms with Gasteiger partial charge in [-0.25, -0.2) is 0 Å². The average molecular weight is 210 g/mol. The highest BCUT2D eigenvalue weighted by Crippen LogP contribution is 2.06. The van der Waals surface area contributed by atoms with Crippen molar-refractivity contribution in [2.24, 2.45) is 0 Å². The van der Waals surface area contributed by atoms with Crippen molar-refractivity contribution in [2.75, 3.05) is 0 Å². The molecule has 0 bridgehead atoms. The van der Waals surface area contributed by atoms with Crippen LogP contribution in [0.5, 0.6) is 0 Å². The summed E-state index contributed by atoms with van der Waals surface area (Å²) >= 11 is 5.54. The number of hydrogen-bond donors (Lipinski definition) is 0. The summed E-state index contributed by atoms with van der Waals surface area (Å²) in [6.45, 7) is 0. The normalized spacial score (nSPS) is 10.4. The quantitative estimate of drug-likeness (QED) is 0.724. The Morgan fingerprint density at radius 1 is 1.29 bits per heavy atom. The molecule has 0 aromatic carbocycles. The Hall–Kier alpha value is -1.42. The molecule has 0 N–H and O–H groups in total. The van der Waals surface area contributed by atoms with Crippen molar-refractivity contribution in [3.05, 3.63) is 41.8 Å². The molecule has 0 unspecified atom stereocenters. The van der Waals surface area contributed by atoms with E-state index in [-0.39, 0.29) is 5.88 Å². The molecule has 0 amide bonds. The molecule has 2 heterocycles. The van der Waals surface area contributed by atoms with Gasteiger partial charge in [-0.2, -0.15) is 4.98 Å². The first-order valence-electron chi connectivity index (χ1n) is 4.15. The second-order valence-corrected chi connectivity index (χ2v) is 3.04. The molecule has 0 fully saturated rings. The van der Waals surface area contributed by atoms with Gasteiger partial charge in [0.15, 0.2) is 5.82 Å². The minimum atomic E-state index is 0.253. The largest absolute Gasteiger partial charge is 0.338 e. The lowest BCUT2D eigenvalue weighted by molar-refractivity contribution is 0.385. The van der Waals surface area contributed by atoms with Crippen LogP contribution in [-0.2, 0) is 12.3 Å². The number of halogens is 1. The molecule has 14 heavy (non-hydrogen) atoms. The highest BCUT2D eigenvalue weighted by molar-refractivity contribution is 6.16. The maximum absolute atomic E-state index is 5.54. The maximum Gasteiger partial charge on any atom is 0.241 e. The van der Waals surface area contributed by atoms with Crippen LogP contribution >= 0.6 is 11.6 Å². The molecule has 0 saturated heterocycles. The average Bonchev–Trinajstić information content (AvgIpc) is 2.67. The summed E-state index contributed by atoms with van der Waals surface area (Å²) in [6, 6.07) is 3.83. The van der Waals surface area contributed by atoms with Gasteiger partial charge in [0.05, 0.1) is 0 Å². The molecule has 72 valence electrons. The Bertz CT molecular complexity index is 401. The molecular formula is C9H8ClN3O. The third kappa shape index (κ3) is 2.09. The van der Waals surface area contributed by atoms with E-state index in [1.54, 1.807) is 12.4 Å². The van der Waals surface area contributed by atoms with Crippen molar-refractivity contribution in [3.63, 3.8) is 0 Å². The standard InChI is InChI=1S/C9H8ClN3O/c10-6-9-12-8(13-14-9)5-7-1-3-11-4-2-7/h1-4H,5-6H2. The topological polar surface area (TPSA) is 51.8 Å². The minimum absolute atomic E-state index is 0.253. The summed E-state index contributed by atoms with van der Waals surface area (Å²) in [4.78, 5) is 8.02. The fourth-order valence-corrected chi connectivity index (χ4v) is 1.21. The molecule has 0 atom stereocenters. The molecule has 0 radical (unpaired) electrons. The van der Waals surface area contributed by atoms with E-state index in [4.69, 9.17) is 16.1 Å². The first-order chi connectivity index (χ1) is 6.88. The molecule has 2 rings (SSSR count). The fourth-order valence-electron chi connectivity index (χ4n) is 1.10. The first-order valence-corrected chi connectivity index (χ1v) is 4.68. The molecule has 5 heteroatoms. The number of pyridine rings is 1. The van der Waals surface area contributed by atoms with Crippen LogP contribution in [0.25, 0.3) is 0 Å². The van der Waals surface area contributed by atoms with E-state index >= 15 is 0 Å². The molecule has 2 aromatic heterocycles. The van der Waals surface area contributed by atoms with Gasteiger partial charge in [-0.05, 0) is 17.7 Å². The predicted octanol–water partition coefficient (Wildman–Crippen LogP) is 1.79. The van der Waals surface area contributed by atoms with Crippen LogP contribution in [0.4, 0.5) is 0 Å². The summed E-state index contributed by atoms with van der Waals surface area (Å²) < 4.78 is 4.88. The molecule has 0 aliphatic heterocycles. The second kappa shape index (κ2) is 4.19. The van der Waals surface area contributed by atoms with Gasteiger partial charge in [-0.3, -0.25) is 4.98 Å². The lowest BCUT2D eigenvalue weighted by Gasteiger charge is -1.93. The van der Waals surface area contributed by atoms with E-state index in [2.05, 4.69) is 15.1 Å². The van der Waals surface area contributed by atoms with Crippen molar-refractivity contribution in [1.82, 2.24) is 15.1 Å². The van der Waals surface area contributed by atoms with Crippen molar-refractivity contribution in [1.29, 1.82) is 0 Å².